The first-order valence-corrected chi connectivity index (χ1v) is 1.36. The van der Waals surface area contributed by atoms with E-state index in [1.807, 2.05) is 0 Å². The summed E-state index contributed by atoms with van der Waals surface area (Å²) in [6.45, 7) is 0. The van der Waals surface area contributed by atoms with Crippen molar-refractivity contribution in [3.8, 4) is 6.07 Å². The summed E-state index contributed by atoms with van der Waals surface area (Å²) < 4.78 is 0. The summed E-state index contributed by atoms with van der Waals surface area (Å²) in [4.78, 5) is 9.38. The third kappa shape index (κ3) is 10.8. The number of hydrogen-bond acceptors (Lipinski definition) is 2. The average molecular weight is 93.0 g/mol. The molecule has 4 heteroatoms. The van der Waals surface area contributed by atoms with Gasteiger partial charge in [-0.05, 0) is 0 Å². The van der Waals surface area contributed by atoms with Crippen LogP contribution in [0.25, 0.3) is 0 Å². The Hall–Kier alpha value is -0.443. The first-order valence-electron chi connectivity index (χ1n) is 1.36. The van der Waals surface area contributed by atoms with Gasteiger partial charge in [0.05, 0.1) is 6.07 Å². The normalized spacial score (nSPS) is 5.57. The third-order valence-corrected chi connectivity index (χ3v) is 0.230. The second-order valence-corrected chi connectivity index (χ2v) is 0.729. The SMILES string of the molecule is N#CCC(=O)O.[LiH]. The van der Waals surface area contributed by atoms with Crippen LogP contribution in [-0.2, 0) is 4.79 Å². The van der Waals surface area contributed by atoms with Crippen molar-refractivity contribution in [3.05, 3.63) is 0 Å². The van der Waals surface area contributed by atoms with Crippen LogP contribution in [0.3, 0.4) is 0 Å². The van der Waals surface area contributed by atoms with Gasteiger partial charge in [-0.15, -0.1) is 0 Å². The molecule has 3 nitrogen and oxygen atoms in total. The Balaban J connectivity index is 0. The Morgan fingerprint density at radius 3 is 2.29 bits per heavy atom. The maximum absolute atomic E-state index is 9.38. The molecule has 0 bridgehead atoms. The molecule has 0 aliphatic heterocycles. The number of aliphatic carboxylic acids is 1. The topological polar surface area (TPSA) is 61.1 Å². The molecule has 0 heterocycles. The predicted molar refractivity (Wildman–Crippen MR) is 25.0 cm³/mol. The zero-order chi connectivity index (χ0) is 4.99. The van der Waals surface area contributed by atoms with Crippen molar-refractivity contribution in [2.45, 2.75) is 6.42 Å². The summed E-state index contributed by atoms with van der Waals surface area (Å²) in [7, 11) is 0. The summed E-state index contributed by atoms with van der Waals surface area (Å²) >= 11 is 0. The first kappa shape index (κ1) is 9.75. The van der Waals surface area contributed by atoms with Gasteiger partial charge in [0.15, 0.2) is 0 Å². The minimum atomic E-state index is -1.07. The van der Waals surface area contributed by atoms with Crippen molar-refractivity contribution < 1.29 is 9.90 Å². The van der Waals surface area contributed by atoms with Crippen LogP contribution in [0.5, 0.6) is 0 Å². The van der Waals surface area contributed by atoms with E-state index in [0.29, 0.717) is 0 Å². The van der Waals surface area contributed by atoms with E-state index < -0.39 is 12.4 Å². The van der Waals surface area contributed by atoms with Crippen LogP contribution < -0.4 is 0 Å². The number of nitrogens with zero attached hydrogens (tertiary/aromatic N) is 1. The van der Waals surface area contributed by atoms with Gasteiger partial charge in [0.25, 0.3) is 0 Å². The molecule has 7 heavy (non-hydrogen) atoms. The molecule has 0 unspecified atom stereocenters. The second-order valence-electron chi connectivity index (χ2n) is 0.729. The van der Waals surface area contributed by atoms with E-state index in [9.17, 15) is 4.79 Å². The summed E-state index contributed by atoms with van der Waals surface area (Å²) in [6.07, 6.45) is -0.403. The van der Waals surface area contributed by atoms with Gasteiger partial charge in [0.2, 0.25) is 0 Å². The molecule has 0 aliphatic carbocycles. The molecule has 1 N–H and O–H groups in total. The molecular formula is C3H4LiNO2. The number of carboxylic acids is 1. The molecule has 0 atom stereocenters. The van der Waals surface area contributed by atoms with Gasteiger partial charge in [-0.2, -0.15) is 5.26 Å². The van der Waals surface area contributed by atoms with Crippen molar-refractivity contribution in [2.24, 2.45) is 0 Å². The van der Waals surface area contributed by atoms with Gasteiger partial charge in [0.1, 0.15) is 6.42 Å². The monoisotopic (exact) mass is 93.0 g/mol. The van der Waals surface area contributed by atoms with Crippen LogP contribution in [0.15, 0.2) is 0 Å². The molecule has 0 spiro atoms. The van der Waals surface area contributed by atoms with Gasteiger partial charge in [-0.3, -0.25) is 4.79 Å². The van der Waals surface area contributed by atoms with Crippen molar-refractivity contribution in [1.29, 1.82) is 5.26 Å². The van der Waals surface area contributed by atoms with Crippen molar-refractivity contribution in [3.63, 3.8) is 0 Å². The van der Waals surface area contributed by atoms with E-state index in [1.54, 1.807) is 0 Å². The third-order valence-electron chi connectivity index (χ3n) is 0.230. The molecule has 0 radical (unpaired) electrons. The molecule has 0 aromatic carbocycles. The first-order chi connectivity index (χ1) is 2.77. The maximum atomic E-state index is 9.38. The van der Waals surface area contributed by atoms with Crippen LogP contribution >= 0.6 is 0 Å². The molecule has 0 saturated carbocycles. The fourth-order valence-corrected chi connectivity index (χ4v) is 0.0676. The number of hydrogen-bond donors (Lipinski definition) is 1. The Kier molecular flexibility index (Phi) is 7.74. The van der Waals surface area contributed by atoms with Crippen LogP contribution in [-0.4, -0.2) is 29.9 Å². The predicted octanol–water partition coefficient (Wildman–Crippen LogP) is -0.664. The molecule has 0 amide bonds. The van der Waals surface area contributed by atoms with E-state index in [2.05, 4.69) is 0 Å². The molecule has 34 valence electrons. The van der Waals surface area contributed by atoms with Crippen molar-refractivity contribution in [2.75, 3.05) is 0 Å². The van der Waals surface area contributed by atoms with Crippen LogP contribution in [0.1, 0.15) is 6.42 Å². The van der Waals surface area contributed by atoms with Gasteiger partial charge in [0, 0.05) is 0 Å². The fourth-order valence-electron chi connectivity index (χ4n) is 0.0676. The van der Waals surface area contributed by atoms with Crippen LogP contribution in [0.4, 0.5) is 0 Å². The van der Waals surface area contributed by atoms with Gasteiger partial charge in [-0.1, -0.05) is 0 Å². The Bertz CT molecular complexity index is 95.6. The Morgan fingerprint density at radius 1 is 1.86 bits per heavy atom. The average Bonchev–Trinajstić information content (AvgIpc) is 1.35. The molecule has 0 aromatic heterocycles. The molecular weight excluding hydrogens is 89.0 g/mol. The van der Waals surface area contributed by atoms with E-state index in [4.69, 9.17) is 10.4 Å². The van der Waals surface area contributed by atoms with Crippen molar-refractivity contribution >= 4 is 24.8 Å². The summed E-state index contributed by atoms with van der Waals surface area (Å²) in [5, 5.41) is 15.3. The number of carbonyl (C=O) groups is 1. The zero-order valence-corrected chi connectivity index (χ0v) is 3.01. The zero-order valence-electron chi connectivity index (χ0n) is 3.01. The fraction of sp³-hybridized carbons (Fsp3) is 0.333. The Labute approximate surface area is 53.1 Å². The molecule has 0 saturated heterocycles. The summed E-state index contributed by atoms with van der Waals surface area (Å²) in [5.41, 5.74) is 0. The summed E-state index contributed by atoms with van der Waals surface area (Å²) in [5.74, 6) is -1.07. The molecule has 0 fully saturated rings. The summed E-state index contributed by atoms with van der Waals surface area (Å²) in [6, 6.07) is 1.47. The Morgan fingerprint density at radius 2 is 2.29 bits per heavy atom. The van der Waals surface area contributed by atoms with Crippen LogP contribution in [0.2, 0.25) is 0 Å². The van der Waals surface area contributed by atoms with E-state index >= 15 is 0 Å². The van der Waals surface area contributed by atoms with Crippen molar-refractivity contribution in [1.82, 2.24) is 0 Å². The molecule has 0 rings (SSSR count). The minimum absolute atomic E-state index is 0. The quantitative estimate of drug-likeness (QED) is 0.437. The second kappa shape index (κ2) is 5.56. The van der Waals surface area contributed by atoms with Crippen LogP contribution in [0, 0.1) is 11.3 Å². The number of rotatable bonds is 1. The number of carboxylic acid groups (broad SMARTS) is 1. The van der Waals surface area contributed by atoms with Gasteiger partial charge < -0.3 is 5.11 Å². The molecule has 0 aliphatic rings. The van der Waals surface area contributed by atoms with Gasteiger partial charge >= 0.3 is 24.8 Å². The van der Waals surface area contributed by atoms with E-state index in [1.165, 1.54) is 6.07 Å². The standard InChI is InChI=1S/C3H3NO2.Li.H/c4-2-1-3(5)6;;/h1H2,(H,5,6);;. The number of nitriles is 1. The molecule has 0 aromatic rings. The van der Waals surface area contributed by atoms with E-state index in [0.717, 1.165) is 0 Å². The van der Waals surface area contributed by atoms with E-state index in [-0.39, 0.29) is 18.9 Å². The van der Waals surface area contributed by atoms with Gasteiger partial charge in [-0.25, -0.2) is 0 Å².